The fraction of sp³-hybridized carbons (Fsp3) is 0.478. The summed E-state index contributed by atoms with van der Waals surface area (Å²) in [4.78, 5) is 53.9. The molecular formula is C23H30N4O5. The van der Waals surface area contributed by atoms with Crippen molar-refractivity contribution < 1.29 is 19.1 Å². The lowest BCUT2D eigenvalue weighted by molar-refractivity contribution is -0.131. The minimum absolute atomic E-state index is 0.0246. The SMILES string of the molecule is CC(C)(C)OC(=O)NCC1CCN(C(=O)CNC(=O)c2c[nH]c3ccccc3c2=O)CC1. The van der Waals surface area contributed by atoms with Crippen LogP contribution >= 0.6 is 0 Å². The first-order chi connectivity index (χ1) is 15.1. The van der Waals surface area contributed by atoms with E-state index in [1.165, 1.54) is 6.20 Å². The molecule has 9 nitrogen and oxygen atoms in total. The summed E-state index contributed by atoms with van der Waals surface area (Å²) in [6.07, 6.45) is 2.43. The maximum Gasteiger partial charge on any atom is 0.407 e. The van der Waals surface area contributed by atoms with E-state index in [1.54, 1.807) is 29.2 Å². The molecule has 9 heteroatoms. The summed E-state index contributed by atoms with van der Waals surface area (Å²) in [6.45, 7) is 6.85. The van der Waals surface area contributed by atoms with Gasteiger partial charge in [0.2, 0.25) is 11.3 Å². The summed E-state index contributed by atoms with van der Waals surface area (Å²) in [5, 5.41) is 5.75. The van der Waals surface area contributed by atoms with Gasteiger partial charge in [0, 0.05) is 36.7 Å². The standard InChI is InChI=1S/C23H30N4O5/c1-23(2,3)32-22(31)26-12-15-8-10-27(11-9-15)19(28)14-25-21(30)17-13-24-18-7-5-4-6-16(18)20(17)29/h4-7,13,15H,8-12,14H2,1-3H3,(H,24,29)(H,25,30)(H,26,31). The zero-order valence-corrected chi connectivity index (χ0v) is 18.7. The Balaban J connectivity index is 1.44. The van der Waals surface area contributed by atoms with Crippen molar-refractivity contribution in [2.45, 2.75) is 39.2 Å². The summed E-state index contributed by atoms with van der Waals surface area (Å²) in [6, 6.07) is 6.94. The Morgan fingerprint density at radius 3 is 2.50 bits per heavy atom. The Kier molecular flexibility index (Phi) is 7.17. The van der Waals surface area contributed by atoms with Crippen molar-refractivity contribution in [3.63, 3.8) is 0 Å². The van der Waals surface area contributed by atoms with Crippen molar-refractivity contribution in [1.29, 1.82) is 0 Å². The van der Waals surface area contributed by atoms with Crippen molar-refractivity contribution in [3.8, 4) is 0 Å². The van der Waals surface area contributed by atoms with Crippen LogP contribution in [0.3, 0.4) is 0 Å². The van der Waals surface area contributed by atoms with Gasteiger partial charge in [0.05, 0.1) is 6.54 Å². The zero-order chi connectivity index (χ0) is 23.3. The third-order valence-electron chi connectivity index (χ3n) is 5.33. The molecule has 1 saturated heterocycles. The second-order valence-electron chi connectivity index (χ2n) is 8.97. The predicted octanol–water partition coefficient (Wildman–Crippen LogP) is 2.02. The number of para-hydroxylation sites is 1. The molecule has 172 valence electrons. The quantitative estimate of drug-likeness (QED) is 0.654. The van der Waals surface area contributed by atoms with Crippen LogP contribution in [0.25, 0.3) is 10.9 Å². The number of nitrogens with zero attached hydrogens (tertiary/aromatic N) is 1. The maximum atomic E-state index is 12.5. The van der Waals surface area contributed by atoms with Gasteiger partial charge in [-0.2, -0.15) is 0 Å². The van der Waals surface area contributed by atoms with E-state index in [-0.39, 0.29) is 29.4 Å². The van der Waals surface area contributed by atoms with Crippen LogP contribution in [0, 0.1) is 5.92 Å². The highest BCUT2D eigenvalue weighted by molar-refractivity contribution is 5.98. The Hall–Kier alpha value is -3.36. The molecule has 1 fully saturated rings. The molecule has 3 N–H and O–H groups in total. The number of aromatic amines is 1. The number of rotatable bonds is 5. The molecular weight excluding hydrogens is 412 g/mol. The van der Waals surface area contributed by atoms with Crippen LogP contribution in [0.1, 0.15) is 44.0 Å². The molecule has 1 aromatic carbocycles. The molecule has 0 unspecified atom stereocenters. The van der Waals surface area contributed by atoms with Crippen molar-refractivity contribution >= 4 is 28.8 Å². The number of amides is 3. The van der Waals surface area contributed by atoms with Crippen molar-refractivity contribution in [2.75, 3.05) is 26.2 Å². The van der Waals surface area contributed by atoms with Gasteiger partial charge in [0.25, 0.3) is 5.91 Å². The number of fused-ring (bicyclic) bond motifs is 1. The minimum atomic E-state index is -0.582. The zero-order valence-electron chi connectivity index (χ0n) is 18.7. The van der Waals surface area contributed by atoms with Gasteiger partial charge in [0.1, 0.15) is 11.2 Å². The highest BCUT2D eigenvalue weighted by atomic mass is 16.6. The second kappa shape index (κ2) is 9.84. The summed E-state index contributed by atoms with van der Waals surface area (Å²) >= 11 is 0. The van der Waals surface area contributed by atoms with Gasteiger partial charge in [0.15, 0.2) is 0 Å². The number of benzene rings is 1. The van der Waals surface area contributed by atoms with Crippen LogP contribution in [0.15, 0.2) is 35.3 Å². The molecule has 1 aromatic heterocycles. The number of aromatic nitrogens is 1. The van der Waals surface area contributed by atoms with Crippen LogP contribution in [0.4, 0.5) is 4.79 Å². The Labute approximate surface area is 186 Å². The van der Waals surface area contributed by atoms with Crippen LogP contribution in [-0.2, 0) is 9.53 Å². The maximum absolute atomic E-state index is 12.5. The number of nitrogens with one attached hydrogen (secondary N) is 3. The Morgan fingerprint density at radius 2 is 1.81 bits per heavy atom. The Bertz CT molecular complexity index is 1050. The van der Waals surface area contributed by atoms with Crippen LogP contribution in [0.5, 0.6) is 0 Å². The first kappa shape index (κ1) is 23.3. The fourth-order valence-electron chi connectivity index (χ4n) is 3.63. The normalized spacial score (nSPS) is 14.8. The summed E-state index contributed by atoms with van der Waals surface area (Å²) in [5.41, 5.74) is -0.289. The molecule has 0 aliphatic carbocycles. The van der Waals surface area contributed by atoms with Gasteiger partial charge >= 0.3 is 6.09 Å². The summed E-state index contributed by atoms with van der Waals surface area (Å²) in [5.74, 6) is -0.520. The lowest BCUT2D eigenvalue weighted by Crippen LogP contribution is -2.46. The van der Waals surface area contributed by atoms with Gasteiger partial charge in [-0.1, -0.05) is 12.1 Å². The van der Waals surface area contributed by atoms with E-state index < -0.39 is 17.6 Å². The number of hydrogen-bond donors (Lipinski definition) is 3. The van der Waals surface area contributed by atoms with Gasteiger partial charge in [-0.15, -0.1) is 0 Å². The number of carbonyl (C=O) groups is 3. The molecule has 0 spiro atoms. The largest absolute Gasteiger partial charge is 0.444 e. The number of carbonyl (C=O) groups excluding carboxylic acids is 3. The molecule has 2 heterocycles. The lowest BCUT2D eigenvalue weighted by Gasteiger charge is -2.32. The highest BCUT2D eigenvalue weighted by Gasteiger charge is 2.24. The molecule has 2 aromatic rings. The summed E-state index contributed by atoms with van der Waals surface area (Å²) < 4.78 is 5.23. The number of piperidine rings is 1. The van der Waals surface area contributed by atoms with Crippen molar-refractivity contribution in [1.82, 2.24) is 20.5 Å². The smallest absolute Gasteiger partial charge is 0.407 e. The monoisotopic (exact) mass is 442 g/mol. The highest BCUT2D eigenvalue weighted by Crippen LogP contribution is 2.17. The minimum Gasteiger partial charge on any atom is -0.444 e. The summed E-state index contributed by atoms with van der Waals surface area (Å²) in [7, 11) is 0. The molecule has 0 atom stereocenters. The van der Waals surface area contributed by atoms with Crippen molar-refractivity contribution in [3.05, 3.63) is 46.2 Å². The van der Waals surface area contributed by atoms with E-state index in [1.807, 2.05) is 20.8 Å². The molecule has 32 heavy (non-hydrogen) atoms. The van der Waals surface area contributed by atoms with E-state index in [0.717, 1.165) is 12.8 Å². The van der Waals surface area contributed by atoms with Gasteiger partial charge < -0.3 is 25.3 Å². The van der Waals surface area contributed by atoms with E-state index >= 15 is 0 Å². The number of H-pyrrole nitrogens is 1. The third-order valence-corrected chi connectivity index (χ3v) is 5.33. The lowest BCUT2D eigenvalue weighted by atomic mass is 9.97. The van der Waals surface area contributed by atoms with Gasteiger partial charge in [-0.3, -0.25) is 14.4 Å². The first-order valence-corrected chi connectivity index (χ1v) is 10.8. The van der Waals surface area contributed by atoms with Crippen molar-refractivity contribution in [2.24, 2.45) is 5.92 Å². The van der Waals surface area contributed by atoms with E-state index in [0.29, 0.717) is 30.5 Å². The fourth-order valence-corrected chi connectivity index (χ4v) is 3.63. The molecule has 0 radical (unpaired) electrons. The van der Waals surface area contributed by atoms with Crippen LogP contribution < -0.4 is 16.1 Å². The van der Waals surface area contributed by atoms with E-state index in [9.17, 15) is 19.2 Å². The molecule has 3 amide bonds. The number of ether oxygens (including phenoxy) is 1. The van der Waals surface area contributed by atoms with Crippen LogP contribution in [0.2, 0.25) is 0 Å². The number of pyridine rings is 1. The van der Waals surface area contributed by atoms with Gasteiger partial charge in [-0.25, -0.2) is 4.79 Å². The third kappa shape index (κ3) is 6.09. The second-order valence-corrected chi connectivity index (χ2v) is 8.97. The average Bonchev–Trinajstić information content (AvgIpc) is 2.75. The molecule has 0 saturated carbocycles. The van der Waals surface area contributed by atoms with E-state index in [2.05, 4.69) is 15.6 Å². The first-order valence-electron chi connectivity index (χ1n) is 10.8. The van der Waals surface area contributed by atoms with E-state index in [4.69, 9.17) is 4.74 Å². The number of likely N-dealkylation sites (tertiary alicyclic amines) is 1. The van der Waals surface area contributed by atoms with Crippen LogP contribution in [-0.4, -0.2) is 59.6 Å². The number of hydrogen-bond acceptors (Lipinski definition) is 5. The molecule has 1 aliphatic heterocycles. The van der Waals surface area contributed by atoms with Gasteiger partial charge in [-0.05, 0) is 51.7 Å². The topological polar surface area (TPSA) is 121 Å². The average molecular weight is 443 g/mol. The molecule has 1 aliphatic rings. The molecule has 0 bridgehead atoms. The Morgan fingerprint density at radius 1 is 1.12 bits per heavy atom. The number of alkyl carbamates (subject to hydrolysis) is 1. The molecule has 3 rings (SSSR count). The predicted molar refractivity (Wildman–Crippen MR) is 120 cm³/mol.